The minimum atomic E-state index is -4.46. The van der Waals surface area contributed by atoms with Crippen molar-refractivity contribution in [2.75, 3.05) is 11.4 Å². The Bertz CT molecular complexity index is 1050. The highest BCUT2D eigenvalue weighted by Crippen LogP contribution is 2.42. The number of benzene rings is 2. The van der Waals surface area contributed by atoms with Gasteiger partial charge in [0.1, 0.15) is 0 Å². The van der Waals surface area contributed by atoms with Gasteiger partial charge in [-0.15, -0.1) is 0 Å². The van der Waals surface area contributed by atoms with Gasteiger partial charge < -0.3 is 9.80 Å². The van der Waals surface area contributed by atoms with Crippen molar-refractivity contribution in [3.63, 3.8) is 0 Å². The summed E-state index contributed by atoms with van der Waals surface area (Å²) in [6.45, 7) is 2.62. The first-order valence-corrected chi connectivity index (χ1v) is 10.8. The second-order valence-electron chi connectivity index (χ2n) is 7.69. The van der Waals surface area contributed by atoms with E-state index in [9.17, 15) is 22.8 Å². The van der Waals surface area contributed by atoms with E-state index in [0.717, 1.165) is 29.9 Å². The molecule has 1 fully saturated rings. The summed E-state index contributed by atoms with van der Waals surface area (Å²) >= 11 is 1.22. The van der Waals surface area contributed by atoms with E-state index >= 15 is 0 Å². The molecule has 0 unspecified atom stereocenters. The molecule has 2 amide bonds. The monoisotopic (exact) mass is 446 g/mol. The summed E-state index contributed by atoms with van der Waals surface area (Å²) in [5, 5.41) is 0. The number of carbonyl (C=O) groups excluding carboxylic acids is 2. The number of thioether (sulfide) groups is 1. The number of carbonyl (C=O) groups is 2. The number of likely N-dealkylation sites (tertiary alicyclic amines) is 1. The SMILES string of the molecule is C[C@H]1CCCN1C(=O)/C=C1/Sc2ccccc2N(Cc2cccc(C(F)(F)F)c2)C1=O. The van der Waals surface area contributed by atoms with E-state index in [2.05, 4.69) is 0 Å². The van der Waals surface area contributed by atoms with Crippen LogP contribution >= 0.6 is 11.8 Å². The van der Waals surface area contributed by atoms with Gasteiger partial charge in [0.05, 0.1) is 22.7 Å². The lowest BCUT2D eigenvalue weighted by Gasteiger charge is -2.31. The van der Waals surface area contributed by atoms with Crippen LogP contribution in [0, 0.1) is 0 Å². The lowest BCUT2D eigenvalue weighted by Crippen LogP contribution is -2.36. The van der Waals surface area contributed by atoms with E-state index in [-0.39, 0.29) is 29.3 Å². The van der Waals surface area contributed by atoms with E-state index < -0.39 is 11.7 Å². The normalized spacial score (nSPS) is 20.3. The highest BCUT2D eigenvalue weighted by Gasteiger charge is 2.33. The van der Waals surface area contributed by atoms with Gasteiger partial charge in [-0.2, -0.15) is 13.2 Å². The summed E-state index contributed by atoms with van der Waals surface area (Å²) in [4.78, 5) is 30.2. The summed E-state index contributed by atoms with van der Waals surface area (Å²) in [6.07, 6.45) is -1.23. The number of hydrogen-bond donors (Lipinski definition) is 0. The number of anilines is 1. The van der Waals surface area contributed by atoms with Gasteiger partial charge in [-0.25, -0.2) is 0 Å². The molecule has 8 heteroatoms. The zero-order chi connectivity index (χ0) is 22.2. The minimum absolute atomic E-state index is 0.0219. The van der Waals surface area contributed by atoms with Crippen molar-refractivity contribution in [1.82, 2.24) is 4.90 Å². The molecule has 0 N–H and O–H groups in total. The Morgan fingerprint density at radius 1 is 1.19 bits per heavy atom. The predicted octanol–water partition coefficient (Wildman–Crippen LogP) is 5.24. The Labute approximate surface area is 182 Å². The maximum Gasteiger partial charge on any atom is 0.416 e. The molecule has 0 spiro atoms. The Morgan fingerprint density at radius 2 is 1.97 bits per heavy atom. The standard InChI is InChI=1S/C23H21F3N2O2S/c1-15-6-5-11-27(15)21(29)13-20-22(30)28(18-9-2-3-10-19(18)31-20)14-16-7-4-8-17(12-16)23(24,25)26/h2-4,7-10,12-13,15H,5-6,11,14H2,1H3/b20-13+/t15-/m0/s1. The van der Waals surface area contributed by atoms with E-state index in [1.165, 1.54) is 28.8 Å². The van der Waals surface area contributed by atoms with Crippen molar-refractivity contribution in [2.45, 2.75) is 43.4 Å². The third-order valence-electron chi connectivity index (χ3n) is 5.52. The molecule has 31 heavy (non-hydrogen) atoms. The quantitative estimate of drug-likeness (QED) is 0.606. The third-order valence-corrected chi connectivity index (χ3v) is 6.60. The van der Waals surface area contributed by atoms with Gasteiger partial charge in [-0.1, -0.05) is 36.0 Å². The Hall–Kier alpha value is -2.74. The number of halogens is 3. The molecule has 2 aromatic carbocycles. The largest absolute Gasteiger partial charge is 0.416 e. The molecule has 2 aliphatic heterocycles. The van der Waals surface area contributed by atoms with Crippen LogP contribution in [0.15, 0.2) is 64.4 Å². The lowest BCUT2D eigenvalue weighted by atomic mass is 10.1. The Morgan fingerprint density at radius 3 is 2.68 bits per heavy atom. The molecule has 2 heterocycles. The number of para-hydroxylation sites is 1. The maximum atomic E-state index is 13.3. The summed E-state index contributed by atoms with van der Waals surface area (Å²) in [6, 6.07) is 12.3. The third kappa shape index (κ3) is 4.49. The maximum absolute atomic E-state index is 13.3. The second-order valence-corrected chi connectivity index (χ2v) is 8.77. The van der Waals surface area contributed by atoms with Crippen molar-refractivity contribution >= 4 is 29.3 Å². The molecular weight excluding hydrogens is 425 g/mol. The van der Waals surface area contributed by atoms with Crippen LogP contribution in [0.2, 0.25) is 0 Å². The molecule has 0 saturated carbocycles. The van der Waals surface area contributed by atoms with Gasteiger partial charge in [0.2, 0.25) is 5.91 Å². The molecule has 0 bridgehead atoms. The summed E-state index contributed by atoms with van der Waals surface area (Å²) < 4.78 is 39.3. The average Bonchev–Trinajstić information content (AvgIpc) is 3.16. The van der Waals surface area contributed by atoms with E-state index in [1.54, 1.807) is 23.1 Å². The Kier molecular flexibility index (Phi) is 5.83. The second kappa shape index (κ2) is 8.42. The summed E-state index contributed by atoms with van der Waals surface area (Å²) in [7, 11) is 0. The van der Waals surface area contributed by atoms with Crippen molar-refractivity contribution in [3.05, 3.63) is 70.6 Å². The van der Waals surface area contributed by atoms with Crippen LogP contribution in [0.1, 0.15) is 30.9 Å². The zero-order valence-corrected chi connectivity index (χ0v) is 17.7. The molecule has 4 rings (SSSR count). The fourth-order valence-electron chi connectivity index (χ4n) is 3.90. The van der Waals surface area contributed by atoms with Crippen LogP contribution < -0.4 is 4.90 Å². The number of rotatable bonds is 3. The van der Waals surface area contributed by atoms with E-state index in [4.69, 9.17) is 0 Å². The van der Waals surface area contributed by atoms with Gasteiger partial charge in [0.25, 0.3) is 5.91 Å². The average molecular weight is 446 g/mol. The van der Waals surface area contributed by atoms with Crippen LogP contribution in [-0.2, 0) is 22.3 Å². The molecular formula is C23H21F3N2O2S. The van der Waals surface area contributed by atoms with E-state index in [0.29, 0.717) is 17.8 Å². The molecule has 0 aromatic heterocycles. The number of hydrogen-bond acceptors (Lipinski definition) is 3. The lowest BCUT2D eigenvalue weighted by molar-refractivity contribution is -0.137. The fraction of sp³-hybridized carbons (Fsp3) is 0.304. The van der Waals surface area contributed by atoms with Gasteiger partial charge in [-0.3, -0.25) is 9.59 Å². The van der Waals surface area contributed by atoms with Crippen LogP contribution in [0.3, 0.4) is 0 Å². The minimum Gasteiger partial charge on any atom is -0.336 e. The first-order chi connectivity index (χ1) is 14.7. The highest BCUT2D eigenvalue weighted by atomic mass is 32.2. The first kappa shape index (κ1) is 21.5. The van der Waals surface area contributed by atoms with Gasteiger partial charge >= 0.3 is 6.18 Å². The molecule has 4 nitrogen and oxygen atoms in total. The van der Waals surface area contributed by atoms with Crippen LogP contribution in [-0.4, -0.2) is 29.3 Å². The van der Waals surface area contributed by atoms with Crippen molar-refractivity contribution in [1.29, 1.82) is 0 Å². The summed E-state index contributed by atoms with van der Waals surface area (Å²) in [5.41, 5.74) is 0.226. The molecule has 1 saturated heterocycles. The van der Waals surface area contributed by atoms with Gasteiger partial charge in [-0.05, 0) is 49.6 Å². The topological polar surface area (TPSA) is 40.6 Å². The molecule has 1 atom stereocenters. The number of nitrogens with zero attached hydrogens (tertiary/aromatic N) is 2. The number of amides is 2. The predicted molar refractivity (Wildman–Crippen MR) is 113 cm³/mol. The van der Waals surface area contributed by atoms with Gasteiger partial charge in [0.15, 0.2) is 0 Å². The van der Waals surface area contributed by atoms with Crippen molar-refractivity contribution in [2.24, 2.45) is 0 Å². The molecule has 2 aromatic rings. The zero-order valence-electron chi connectivity index (χ0n) is 16.9. The molecule has 162 valence electrons. The number of fused-ring (bicyclic) bond motifs is 1. The van der Waals surface area contributed by atoms with Crippen molar-refractivity contribution in [3.8, 4) is 0 Å². The highest BCUT2D eigenvalue weighted by molar-refractivity contribution is 8.04. The Balaban J connectivity index is 1.66. The molecule has 0 radical (unpaired) electrons. The van der Waals surface area contributed by atoms with E-state index in [1.807, 2.05) is 19.1 Å². The van der Waals surface area contributed by atoms with Crippen LogP contribution in [0.4, 0.5) is 18.9 Å². The summed E-state index contributed by atoms with van der Waals surface area (Å²) in [5.74, 6) is -0.597. The van der Waals surface area contributed by atoms with Crippen molar-refractivity contribution < 1.29 is 22.8 Å². The molecule has 0 aliphatic carbocycles. The fourth-order valence-corrected chi connectivity index (χ4v) is 4.93. The van der Waals surface area contributed by atoms with Crippen LogP contribution in [0.25, 0.3) is 0 Å². The smallest absolute Gasteiger partial charge is 0.336 e. The van der Waals surface area contributed by atoms with Gasteiger partial charge in [0, 0.05) is 23.6 Å². The molecule has 2 aliphatic rings. The van der Waals surface area contributed by atoms with Crippen LogP contribution in [0.5, 0.6) is 0 Å². The number of alkyl halides is 3. The first-order valence-electron chi connectivity index (χ1n) is 10.0.